The van der Waals surface area contributed by atoms with Crippen molar-refractivity contribution in [3.05, 3.63) is 35.4 Å². The molecule has 2 rings (SSSR count). The summed E-state index contributed by atoms with van der Waals surface area (Å²) in [4.78, 5) is 0. The Hall–Kier alpha value is -0.950. The first-order valence-corrected chi connectivity index (χ1v) is 8.47. The average molecular weight is 299 g/mol. The first-order valence-electron chi connectivity index (χ1n) is 6.82. The molecule has 1 aliphatic heterocycles. The van der Waals surface area contributed by atoms with Crippen LogP contribution >= 0.6 is 0 Å². The van der Waals surface area contributed by atoms with Crippen molar-refractivity contribution >= 4 is 10.0 Å². The van der Waals surface area contributed by atoms with E-state index in [1.165, 1.54) is 0 Å². The van der Waals surface area contributed by atoms with Crippen LogP contribution in [0.25, 0.3) is 0 Å². The summed E-state index contributed by atoms with van der Waals surface area (Å²) in [5.41, 5.74) is 1.81. The minimum atomic E-state index is -3.32. The summed E-state index contributed by atoms with van der Waals surface area (Å²) < 4.78 is 37.3. The van der Waals surface area contributed by atoms with Gasteiger partial charge in [-0.2, -0.15) is 0 Å². The summed E-state index contributed by atoms with van der Waals surface area (Å²) in [5.74, 6) is 0.00601. The predicted octanol–water partition coefficient (Wildman–Crippen LogP) is 1.57. The molecule has 0 amide bonds. The van der Waals surface area contributed by atoms with Gasteiger partial charge in [0.15, 0.2) is 6.29 Å². The SMILES string of the molecule is Cc1ccccc1CS(=O)(=O)NCCC1OCCCO1. The number of rotatable bonds is 6. The lowest BCUT2D eigenvalue weighted by Gasteiger charge is -2.23. The molecule has 112 valence electrons. The van der Waals surface area contributed by atoms with Gasteiger partial charge < -0.3 is 9.47 Å². The quantitative estimate of drug-likeness (QED) is 0.866. The molecule has 1 N–H and O–H groups in total. The molecule has 1 aromatic carbocycles. The largest absolute Gasteiger partial charge is 0.353 e. The third kappa shape index (κ3) is 4.86. The molecule has 0 spiro atoms. The van der Waals surface area contributed by atoms with Crippen LogP contribution in [0.1, 0.15) is 24.0 Å². The lowest BCUT2D eigenvalue weighted by molar-refractivity contribution is -0.180. The first-order chi connectivity index (χ1) is 9.57. The second-order valence-corrected chi connectivity index (χ2v) is 6.70. The highest BCUT2D eigenvalue weighted by molar-refractivity contribution is 7.88. The normalized spacial score (nSPS) is 17.2. The summed E-state index contributed by atoms with van der Waals surface area (Å²) in [6, 6.07) is 7.49. The molecule has 1 aliphatic rings. The lowest BCUT2D eigenvalue weighted by Crippen LogP contribution is -2.32. The van der Waals surface area contributed by atoms with Gasteiger partial charge in [-0.15, -0.1) is 0 Å². The molecule has 0 unspecified atom stereocenters. The number of ether oxygens (including phenoxy) is 2. The fourth-order valence-corrected chi connectivity index (χ4v) is 3.33. The Morgan fingerprint density at radius 1 is 1.25 bits per heavy atom. The number of hydrogen-bond donors (Lipinski definition) is 1. The zero-order valence-electron chi connectivity index (χ0n) is 11.7. The van der Waals surface area contributed by atoms with Crippen molar-refractivity contribution in [3.8, 4) is 0 Å². The van der Waals surface area contributed by atoms with Gasteiger partial charge in [-0.05, 0) is 24.5 Å². The minimum absolute atomic E-state index is 0.00601. The molecule has 6 heteroatoms. The Kier molecular flexibility index (Phi) is 5.54. The fourth-order valence-electron chi connectivity index (χ4n) is 2.06. The topological polar surface area (TPSA) is 64.6 Å². The minimum Gasteiger partial charge on any atom is -0.353 e. The van der Waals surface area contributed by atoms with Crippen molar-refractivity contribution in [2.24, 2.45) is 0 Å². The number of aryl methyl sites for hydroxylation is 1. The molecule has 20 heavy (non-hydrogen) atoms. The molecule has 1 saturated heterocycles. The molecule has 0 aliphatic carbocycles. The van der Waals surface area contributed by atoms with Gasteiger partial charge in [-0.1, -0.05) is 24.3 Å². The van der Waals surface area contributed by atoms with Gasteiger partial charge in [0.25, 0.3) is 0 Å². The predicted molar refractivity (Wildman–Crippen MR) is 76.7 cm³/mol. The monoisotopic (exact) mass is 299 g/mol. The summed E-state index contributed by atoms with van der Waals surface area (Å²) in [5, 5.41) is 0. The van der Waals surface area contributed by atoms with Gasteiger partial charge >= 0.3 is 0 Å². The van der Waals surface area contributed by atoms with Crippen LogP contribution in [-0.2, 0) is 25.2 Å². The highest BCUT2D eigenvalue weighted by Crippen LogP contribution is 2.11. The summed E-state index contributed by atoms with van der Waals surface area (Å²) in [6.45, 7) is 3.61. The van der Waals surface area contributed by atoms with Crippen LogP contribution in [0.4, 0.5) is 0 Å². The van der Waals surface area contributed by atoms with Crippen molar-refractivity contribution in [3.63, 3.8) is 0 Å². The van der Waals surface area contributed by atoms with Gasteiger partial charge in [0.05, 0.1) is 19.0 Å². The van der Waals surface area contributed by atoms with E-state index in [0.717, 1.165) is 17.5 Å². The van der Waals surface area contributed by atoms with Crippen molar-refractivity contribution in [2.45, 2.75) is 31.8 Å². The van der Waals surface area contributed by atoms with E-state index in [-0.39, 0.29) is 12.0 Å². The smallest absolute Gasteiger partial charge is 0.215 e. The summed E-state index contributed by atoms with van der Waals surface area (Å²) in [7, 11) is -3.32. The van der Waals surface area contributed by atoms with Gasteiger partial charge in [0.1, 0.15) is 0 Å². The van der Waals surface area contributed by atoms with E-state index < -0.39 is 10.0 Å². The van der Waals surface area contributed by atoms with Crippen LogP contribution in [0.5, 0.6) is 0 Å². The number of sulfonamides is 1. The van der Waals surface area contributed by atoms with E-state index in [1.54, 1.807) is 0 Å². The fraction of sp³-hybridized carbons (Fsp3) is 0.571. The van der Waals surface area contributed by atoms with Gasteiger partial charge in [0.2, 0.25) is 10.0 Å². The third-order valence-corrected chi connectivity index (χ3v) is 4.54. The van der Waals surface area contributed by atoms with Crippen molar-refractivity contribution in [1.29, 1.82) is 0 Å². The number of benzene rings is 1. The maximum Gasteiger partial charge on any atom is 0.215 e. The number of hydrogen-bond acceptors (Lipinski definition) is 4. The molecular formula is C14H21NO4S. The molecule has 5 nitrogen and oxygen atoms in total. The molecule has 0 bridgehead atoms. The van der Waals surface area contributed by atoms with Crippen LogP contribution in [0.2, 0.25) is 0 Å². The maximum atomic E-state index is 12.0. The molecule has 1 fully saturated rings. The Morgan fingerprint density at radius 3 is 2.65 bits per heavy atom. The molecule has 0 radical (unpaired) electrons. The summed E-state index contributed by atoms with van der Waals surface area (Å²) >= 11 is 0. The second kappa shape index (κ2) is 7.17. The first kappa shape index (κ1) is 15.4. The van der Waals surface area contributed by atoms with Crippen molar-refractivity contribution in [2.75, 3.05) is 19.8 Å². The van der Waals surface area contributed by atoms with E-state index >= 15 is 0 Å². The molecule has 0 atom stereocenters. The van der Waals surface area contributed by atoms with E-state index in [1.807, 2.05) is 31.2 Å². The highest BCUT2D eigenvalue weighted by atomic mass is 32.2. The Morgan fingerprint density at radius 2 is 1.95 bits per heavy atom. The third-order valence-electron chi connectivity index (χ3n) is 3.20. The second-order valence-electron chi connectivity index (χ2n) is 4.89. The summed E-state index contributed by atoms with van der Waals surface area (Å²) in [6.07, 6.45) is 1.15. The molecule has 1 aromatic rings. The van der Waals surface area contributed by atoms with Crippen LogP contribution in [-0.4, -0.2) is 34.5 Å². The van der Waals surface area contributed by atoms with E-state index in [9.17, 15) is 8.42 Å². The number of nitrogens with one attached hydrogen (secondary N) is 1. The average Bonchev–Trinajstić information content (AvgIpc) is 2.42. The van der Waals surface area contributed by atoms with Crippen molar-refractivity contribution in [1.82, 2.24) is 4.72 Å². The van der Waals surface area contributed by atoms with Crippen LogP contribution in [0.15, 0.2) is 24.3 Å². The van der Waals surface area contributed by atoms with Crippen LogP contribution in [0.3, 0.4) is 0 Å². The zero-order chi connectivity index (χ0) is 14.4. The highest BCUT2D eigenvalue weighted by Gasteiger charge is 2.16. The molecule has 0 aromatic heterocycles. The van der Waals surface area contributed by atoms with Gasteiger partial charge in [0, 0.05) is 13.0 Å². The maximum absolute atomic E-state index is 12.0. The lowest BCUT2D eigenvalue weighted by atomic mass is 10.1. The standard InChI is InChI=1S/C14H21NO4S/c1-12-5-2-3-6-13(12)11-20(16,17)15-8-7-14-18-9-4-10-19-14/h2-3,5-6,14-15H,4,7-11H2,1H3. The van der Waals surface area contributed by atoms with Gasteiger partial charge in [-0.3, -0.25) is 0 Å². The van der Waals surface area contributed by atoms with Gasteiger partial charge in [-0.25, -0.2) is 13.1 Å². The van der Waals surface area contributed by atoms with E-state index in [4.69, 9.17) is 9.47 Å². The van der Waals surface area contributed by atoms with E-state index in [0.29, 0.717) is 26.2 Å². The molecule has 0 saturated carbocycles. The Balaban J connectivity index is 1.80. The molecule has 1 heterocycles. The molecular weight excluding hydrogens is 278 g/mol. The van der Waals surface area contributed by atoms with Crippen LogP contribution < -0.4 is 4.72 Å². The van der Waals surface area contributed by atoms with E-state index in [2.05, 4.69) is 4.72 Å². The Bertz CT molecular complexity index is 524. The van der Waals surface area contributed by atoms with Crippen molar-refractivity contribution < 1.29 is 17.9 Å². The zero-order valence-corrected chi connectivity index (χ0v) is 12.5. The van der Waals surface area contributed by atoms with Crippen LogP contribution in [0, 0.1) is 6.92 Å². The Labute approximate surface area is 120 Å².